The number of nitrogens with one attached hydrogen (secondary N) is 2. The zero-order valence-corrected chi connectivity index (χ0v) is 32.6. The number of aryl methyl sites for hydroxylation is 1. The van der Waals surface area contributed by atoms with Crippen molar-refractivity contribution in [1.82, 2.24) is 20.4 Å². The second-order valence-electron chi connectivity index (χ2n) is 17.4. The van der Waals surface area contributed by atoms with Crippen molar-refractivity contribution in [1.29, 1.82) is 5.26 Å². The van der Waals surface area contributed by atoms with E-state index in [1.54, 1.807) is 6.07 Å². The average Bonchev–Trinajstić information content (AvgIpc) is 3.67. The minimum absolute atomic E-state index is 0.0982. The Morgan fingerprint density at radius 2 is 1.52 bits per heavy atom. The third-order valence-electron chi connectivity index (χ3n) is 12.8. The molecule has 8 rings (SSSR count). The highest BCUT2D eigenvalue weighted by Crippen LogP contribution is 2.55. The van der Waals surface area contributed by atoms with Crippen molar-refractivity contribution < 1.29 is 28.7 Å². The van der Waals surface area contributed by atoms with E-state index in [-0.39, 0.29) is 47.6 Å². The van der Waals surface area contributed by atoms with Crippen LogP contribution in [0.4, 0.5) is 5.69 Å². The van der Waals surface area contributed by atoms with E-state index in [1.165, 1.54) is 0 Å². The number of anilines is 1. The molecule has 3 aliphatic heterocycles. The molecule has 12 heteroatoms. The lowest BCUT2D eigenvalue weighted by molar-refractivity contribution is -0.164. The van der Waals surface area contributed by atoms with Crippen LogP contribution in [0.25, 0.3) is 0 Å². The molecule has 3 aromatic carbocycles. The summed E-state index contributed by atoms with van der Waals surface area (Å²) in [5.74, 6) is -0.916. The van der Waals surface area contributed by atoms with Crippen LogP contribution < -0.4 is 20.3 Å². The zero-order valence-electron chi connectivity index (χ0n) is 32.6. The van der Waals surface area contributed by atoms with Crippen molar-refractivity contribution in [3.63, 3.8) is 0 Å². The number of fused-ring (bicyclic) bond motifs is 2. The van der Waals surface area contributed by atoms with Gasteiger partial charge in [0.1, 0.15) is 17.9 Å². The maximum Gasteiger partial charge on any atom is 0.262 e. The van der Waals surface area contributed by atoms with Crippen LogP contribution in [0.3, 0.4) is 0 Å². The molecule has 2 saturated heterocycles. The minimum Gasteiger partial charge on any atom is -0.489 e. The number of rotatable bonds is 8. The molecule has 1 atom stereocenters. The number of ether oxygens (including phenoxy) is 1. The highest BCUT2D eigenvalue weighted by atomic mass is 16.5. The van der Waals surface area contributed by atoms with Crippen LogP contribution in [0.2, 0.25) is 0 Å². The van der Waals surface area contributed by atoms with Crippen LogP contribution in [-0.2, 0) is 22.4 Å². The number of piperazine rings is 1. The number of imide groups is 2. The Kier molecular flexibility index (Phi) is 9.27. The number of nitrogens with zero attached hydrogens (tertiary/aromatic N) is 4. The fraction of sp³-hybridized carbons (Fsp3) is 0.455. The van der Waals surface area contributed by atoms with Gasteiger partial charge in [-0.2, -0.15) is 5.26 Å². The van der Waals surface area contributed by atoms with Crippen molar-refractivity contribution >= 4 is 35.2 Å². The molecule has 5 aliphatic rings. The van der Waals surface area contributed by atoms with Gasteiger partial charge in [0.25, 0.3) is 17.7 Å². The second-order valence-corrected chi connectivity index (χ2v) is 17.4. The minimum atomic E-state index is -0.960. The SMILES string of the molecule is Cc1cc(O[C@H]2C(C)(C)[C@H](NC(=O)c3ccc(N4CCN(CC5Cc6cc7c(cc6C5)C(=O)N([C@H]5CCC(=O)NC5=O)C7=O)CC4)cc3)C2(C)C)ccc1C#N. The summed E-state index contributed by atoms with van der Waals surface area (Å²) in [7, 11) is 0. The molecule has 0 aromatic heterocycles. The molecule has 12 nitrogen and oxygen atoms in total. The number of carbonyl (C=O) groups excluding carboxylic acids is 5. The van der Waals surface area contributed by atoms with Gasteiger partial charge in [0.2, 0.25) is 11.8 Å². The second kappa shape index (κ2) is 13.9. The smallest absolute Gasteiger partial charge is 0.262 e. The topological polar surface area (TPSA) is 152 Å². The summed E-state index contributed by atoms with van der Waals surface area (Å²) in [6.45, 7) is 14.8. The van der Waals surface area contributed by atoms with E-state index in [0.29, 0.717) is 28.2 Å². The van der Waals surface area contributed by atoms with Gasteiger partial charge in [0.05, 0.1) is 22.8 Å². The van der Waals surface area contributed by atoms with Crippen LogP contribution in [0.15, 0.2) is 54.6 Å². The summed E-state index contributed by atoms with van der Waals surface area (Å²) in [5, 5.41) is 14.8. The Morgan fingerprint density at radius 1 is 0.893 bits per heavy atom. The third kappa shape index (κ3) is 6.41. The first-order valence-electron chi connectivity index (χ1n) is 19.6. The van der Waals surface area contributed by atoms with Crippen LogP contribution >= 0.6 is 0 Å². The van der Waals surface area contributed by atoms with E-state index in [1.807, 2.05) is 55.5 Å². The van der Waals surface area contributed by atoms with Gasteiger partial charge < -0.3 is 15.0 Å². The molecule has 2 N–H and O–H groups in total. The molecule has 0 bridgehead atoms. The zero-order chi connectivity index (χ0) is 39.7. The molecular weight excluding hydrogens is 709 g/mol. The maximum absolute atomic E-state index is 13.5. The molecule has 3 heterocycles. The van der Waals surface area contributed by atoms with Crippen LogP contribution in [0.5, 0.6) is 5.75 Å². The number of carbonyl (C=O) groups is 5. The van der Waals surface area contributed by atoms with Crippen LogP contribution in [0, 0.1) is 35.0 Å². The largest absolute Gasteiger partial charge is 0.489 e. The number of hydrogen-bond acceptors (Lipinski definition) is 9. The summed E-state index contributed by atoms with van der Waals surface area (Å²) in [4.78, 5) is 70.1. The Labute approximate surface area is 327 Å². The van der Waals surface area contributed by atoms with Gasteiger partial charge in [-0.15, -0.1) is 0 Å². The first-order chi connectivity index (χ1) is 26.6. The van der Waals surface area contributed by atoms with Gasteiger partial charge in [0.15, 0.2) is 0 Å². The molecule has 1 saturated carbocycles. The molecule has 56 heavy (non-hydrogen) atoms. The van der Waals surface area contributed by atoms with E-state index in [9.17, 15) is 29.2 Å². The molecule has 0 unspecified atom stereocenters. The summed E-state index contributed by atoms with van der Waals surface area (Å²) >= 11 is 0. The lowest BCUT2D eigenvalue weighted by Gasteiger charge is -2.63. The fourth-order valence-corrected chi connectivity index (χ4v) is 10.2. The normalized spacial score (nSPS) is 24.2. The lowest BCUT2D eigenvalue weighted by Crippen LogP contribution is -2.74. The monoisotopic (exact) mass is 756 g/mol. The summed E-state index contributed by atoms with van der Waals surface area (Å²) in [5.41, 5.74) is 5.43. The standard InChI is InChI=1S/C44H48N6O6/c1-25-18-32(11-8-28(25)23-45)56-42-43(2,3)41(44(42,4)5)47-37(52)27-6-9-31(10-7-27)49-16-14-48(15-17-49)24-26-19-29-21-33-34(22-30(29)20-26)40(55)50(39(33)54)35-12-13-36(51)46-38(35)53/h6-11,18,21-22,26,35,41-42H,12-17,19-20,24H2,1-5H3,(H,47,52)(H,46,51,53)/t35-,41-,42-/m0/s1. The number of piperidine rings is 1. The first kappa shape index (κ1) is 37.4. The average molecular weight is 757 g/mol. The Morgan fingerprint density at radius 3 is 2.09 bits per heavy atom. The van der Waals surface area contributed by atoms with Gasteiger partial charge in [-0.3, -0.25) is 39.1 Å². The van der Waals surface area contributed by atoms with E-state index >= 15 is 0 Å². The molecule has 3 aromatic rings. The predicted octanol–water partition coefficient (Wildman–Crippen LogP) is 4.42. The van der Waals surface area contributed by atoms with E-state index in [0.717, 1.165) is 78.6 Å². The quantitative estimate of drug-likeness (QED) is 0.319. The van der Waals surface area contributed by atoms with Gasteiger partial charge in [0, 0.05) is 67.3 Å². The van der Waals surface area contributed by atoms with Crippen molar-refractivity contribution in [2.45, 2.75) is 78.5 Å². The predicted molar refractivity (Wildman–Crippen MR) is 208 cm³/mol. The van der Waals surface area contributed by atoms with Crippen LogP contribution in [-0.4, -0.2) is 90.2 Å². The van der Waals surface area contributed by atoms with Crippen molar-refractivity contribution in [2.75, 3.05) is 37.6 Å². The first-order valence-corrected chi connectivity index (χ1v) is 19.6. The van der Waals surface area contributed by atoms with Crippen molar-refractivity contribution in [2.24, 2.45) is 16.7 Å². The highest BCUT2D eigenvalue weighted by Gasteiger charge is 2.64. The van der Waals surface area contributed by atoms with Gasteiger partial charge in [-0.1, -0.05) is 27.7 Å². The summed E-state index contributed by atoms with van der Waals surface area (Å²) < 4.78 is 6.46. The summed E-state index contributed by atoms with van der Waals surface area (Å²) in [6.07, 6.45) is 1.76. The Balaban J connectivity index is 0.822. The number of nitriles is 1. The van der Waals surface area contributed by atoms with Gasteiger partial charge in [-0.05, 0) is 103 Å². The molecule has 0 spiro atoms. The molecule has 5 amide bonds. The van der Waals surface area contributed by atoms with Gasteiger partial charge >= 0.3 is 0 Å². The number of benzene rings is 3. The molecular formula is C44H48N6O6. The molecule has 2 aliphatic carbocycles. The number of amides is 5. The summed E-state index contributed by atoms with van der Waals surface area (Å²) in [6, 6.07) is 18.2. The van der Waals surface area contributed by atoms with E-state index < -0.39 is 23.8 Å². The molecule has 290 valence electrons. The Bertz CT molecular complexity index is 2140. The number of hydrogen-bond donors (Lipinski definition) is 2. The highest BCUT2D eigenvalue weighted by molar-refractivity contribution is 6.23. The van der Waals surface area contributed by atoms with Crippen molar-refractivity contribution in [3.05, 3.63) is 93.5 Å². The van der Waals surface area contributed by atoms with Crippen LogP contribution in [0.1, 0.15) is 93.9 Å². The Hall–Kier alpha value is -5.54. The lowest BCUT2D eigenvalue weighted by atomic mass is 9.49. The fourth-order valence-electron chi connectivity index (χ4n) is 10.2. The molecule has 0 radical (unpaired) electrons. The maximum atomic E-state index is 13.5. The third-order valence-corrected chi connectivity index (χ3v) is 12.8. The van der Waals surface area contributed by atoms with Crippen molar-refractivity contribution in [3.8, 4) is 11.8 Å². The van der Waals surface area contributed by atoms with E-state index in [2.05, 4.69) is 54.2 Å². The van der Waals surface area contributed by atoms with Gasteiger partial charge in [-0.25, -0.2) is 0 Å². The van der Waals surface area contributed by atoms with E-state index in [4.69, 9.17) is 4.74 Å². The molecule has 3 fully saturated rings.